The maximum absolute atomic E-state index is 10.9. The smallest absolute Gasteiger partial charge is 0.339 e. The monoisotopic (exact) mass is 452 g/mol. The average Bonchev–Trinajstić information content (AvgIpc) is 3.08. The number of Topliss-reactive ketones (excluding diaryl/α,β-unsaturated/α-hetero) is 1. The molecule has 6 heteroatoms. The van der Waals surface area contributed by atoms with Crippen LogP contribution in [0.5, 0.6) is 11.5 Å². The van der Waals surface area contributed by atoms with Gasteiger partial charge in [-0.1, -0.05) is 19.1 Å². The molecule has 5 rings (SSSR count). The summed E-state index contributed by atoms with van der Waals surface area (Å²) in [5.74, 6) is 0.409. The molecule has 2 aromatic rings. The first-order valence-corrected chi connectivity index (χ1v) is 11.7. The van der Waals surface area contributed by atoms with E-state index in [0.29, 0.717) is 17.6 Å². The SMILES string of the molecule is CC(=O)c1cccc(C(=O)O)c1O.C[C@]12CC[C@@H]3c4ccc(O)cc4CC[C@H]3[C@@H]1CC[C@@H]2O. The van der Waals surface area contributed by atoms with Crippen LogP contribution in [0.2, 0.25) is 0 Å². The first-order chi connectivity index (χ1) is 15.6. The number of aliphatic hydroxyl groups excluding tert-OH is 1. The van der Waals surface area contributed by atoms with E-state index >= 15 is 0 Å². The summed E-state index contributed by atoms with van der Waals surface area (Å²) in [7, 11) is 0. The standard InChI is InChI=1S/C18H24O2.C9H8O4/c1-18-9-8-14-13-5-3-12(19)10-11(13)2-4-15(14)16(18)6-7-17(18)20;1-5(10)6-3-2-4-7(8(6)11)9(12)13/h3,5,10,14-17,19-20H,2,4,6-9H2,1H3;2-4,11H,1H3,(H,12,13)/t14-,15-,16+,17+,18+;/m1./s1. The number of carbonyl (C=O) groups excluding carboxylic acids is 1. The lowest BCUT2D eigenvalue weighted by Gasteiger charge is -2.50. The predicted octanol–water partition coefficient (Wildman–Crippen LogP) is 4.90. The number of aromatic hydroxyl groups is 2. The number of rotatable bonds is 2. The Labute approximate surface area is 193 Å². The highest BCUT2D eigenvalue weighted by atomic mass is 16.4. The van der Waals surface area contributed by atoms with E-state index in [1.54, 1.807) is 0 Å². The molecule has 2 aromatic carbocycles. The van der Waals surface area contributed by atoms with Gasteiger partial charge in [-0.15, -0.1) is 0 Å². The number of fused-ring (bicyclic) bond motifs is 5. The third-order valence-electron chi connectivity index (χ3n) is 8.31. The summed E-state index contributed by atoms with van der Waals surface area (Å²) in [6.45, 7) is 3.58. The molecule has 2 saturated carbocycles. The molecule has 0 saturated heterocycles. The Bertz CT molecular complexity index is 1040. The van der Waals surface area contributed by atoms with Gasteiger partial charge in [0.1, 0.15) is 17.1 Å². The Morgan fingerprint density at radius 1 is 1.00 bits per heavy atom. The van der Waals surface area contributed by atoms with E-state index in [9.17, 15) is 24.9 Å². The van der Waals surface area contributed by atoms with Crippen LogP contribution in [0.4, 0.5) is 0 Å². The maximum Gasteiger partial charge on any atom is 0.339 e. The lowest BCUT2D eigenvalue weighted by Crippen LogP contribution is -2.43. The molecule has 0 bridgehead atoms. The number of aromatic carboxylic acids is 1. The van der Waals surface area contributed by atoms with Crippen molar-refractivity contribution in [3.05, 3.63) is 58.7 Å². The minimum atomic E-state index is -1.25. The lowest BCUT2D eigenvalue weighted by atomic mass is 9.55. The van der Waals surface area contributed by atoms with Gasteiger partial charge in [-0.05, 0) is 104 Å². The van der Waals surface area contributed by atoms with Crippen LogP contribution in [0.3, 0.4) is 0 Å². The molecule has 0 aromatic heterocycles. The van der Waals surface area contributed by atoms with Gasteiger partial charge in [0.05, 0.1) is 11.7 Å². The van der Waals surface area contributed by atoms with Gasteiger partial charge >= 0.3 is 5.97 Å². The minimum Gasteiger partial charge on any atom is -0.508 e. The van der Waals surface area contributed by atoms with Gasteiger partial charge in [-0.3, -0.25) is 4.79 Å². The first-order valence-electron chi connectivity index (χ1n) is 11.7. The summed E-state index contributed by atoms with van der Waals surface area (Å²) in [6.07, 6.45) is 6.78. The van der Waals surface area contributed by atoms with Crippen LogP contribution in [0.25, 0.3) is 0 Å². The van der Waals surface area contributed by atoms with Crippen LogP contribution in [0.15, 0.2) is 36.4 Å². The number of carboxylic acids is 1. The molecule has 2 fully saturated rings. The Balaban J connectivity index is 0.000000174. The van der Waals surface area contributed by atoms with Gasteiger partial charge in [0.15, 0.2) is 5.78 Å². The van der Waals surface area contributed by atoms with Crippen molar-refractivity contribution in [3.8, 4) is 11.5 Å². The Morgan fingerprint density at radius 3 is 2.42 bits per heavy atom. The molecule has 176 valence electrons. The Kier molecular flexibility index (Phi) is 6.23. The molecular formula is C27H32O6. The largest absolute Gasteiger partial charge is 0.508 e. The molecule has 3 aliphatic carbocycles. The predicted molar refractivity (Wildman–Crippen MR) is 124 cm³/mol. The van der Waals surface area contributed by atoms with Crippen molar-refractivity contribution in [3.63, 3.8) is 0 Å². The second-order valence-corrected chi connectivity index (χ2v) is 10.00. The summed E-state index contributed by atoms with van der Waals surface area (Å²) >= 11 is 0. The van der Waals surface area contributed by atoms with E-state index in [1.165, 1.54) is 55.5 Å². The van der Waals surface area contributed by atoms with Crippen LogP contribution in [-0.4, -0.2) is 38.3 Å². The summed E-state index contributed by atoms with van der Waals surface area (Å²) in [4.78, 5) is 21.4. The number of hydrogen-bond donors (Lipinski definition) is 4. The molecule has 0 radical (unpaired) electrons. The van der Waals surface area contributed by atoms with E-state index in [2.05, 4.69) is 13.0 Å². The van der Waals surface area contributed by atoms with Gasteiger partial charge in [0.2, 0.25) is 0 Å². The Morgan fingerprint density at radius 2 is 1.73 bits per heavy atom. The fraction of sp³-hybridized carbons (Fsp3) is 0.481. The molecule has 4 N–H and O–H groups in total. The van der Waals surface area contributed by atoms with Gasteiger partial charge in [-0.25, -0.2) is 4.79 Å². The van der Waals surface area contributed by atoms with E-state index < -0.39 is 11.7 Å². The van der Waals surface area contributed by atoms with E-state index in [1.807, 2.05) is 12.1 Å². The highest BCUT2D eigenvalue weighted by Crippen LogP contribution is 2.60. The number of phenolic OH excluding ortho intramolecular Hbond substituents is 1. The van der Waals surface area contributed by atoms with Gasteiger partial charge in [-0.2, -0.15) is 0 Å². The van der Waals surface area contributed by atoms with E-state index in [-0.39, 0.29) is 28.4 Å². The third kappa shape index (κ3) is 4.12. The number of aryl methyl sites for hydroxylation is 1. The number of ketones is 1. The lowest BCUT2D eigenvalue weighted by molar-refractivity contribution is -0.0226. The number of phenols is 2. The average molecular weight is 453 g/mol. The van der Waals surface area contributed by atoms with Crippen molar-refractivity contribution >= 4 is 11.8 Å². The van der Waals surface area contributed by atoms with Crippen molar-refractivity contribution in [2.45, 2.75) is 64.4 Å². The van der Waals surface area contributed by atoms with Crippen LogP contribution in [0, 0.1) is 17.3 Å². The summed E-state index contributed by atoms with van der Waals surface area (Å²) in [5.41, 5.74) is 2.76. The topological polar surface area (TPSA) is 115 Å². The number of hydrogen-bond acceptors (Lipinski definition) is 5. The number of carboxylic acid groups (broad SMARTS) is 1. The van der Waals surface area contributed by atoms with Crippen molar-refractivity contribution in [2.24, 2.45) is 17.3 Å². The fourth-order valence-electron chi connectivity index (χ4n) is 6.54. The van der Waals surface area contributed by atoms with Crippen LogP contribution < -0.4 is 0 Å². The number of para-hydroxylation sites is 1. The normalized spacial score (nSPS) is 29.7. The summed E-state index contributed by atoms with van der Waals surface area (Å²) < 4.78 is 0. The summed E-state index contributed by atoms with van der Waals surface area (Å²) in [5, 5.41) is 38.0. The first kappa shape index (κ1) is 23.3. The summed E-state index contributed by atoms with van der Waals surface area (Å²) in [6, 6.07) is 9.99. The molecule has 33 heavy (non-hydrogen) atoms. The molecule has 0 unspecified atom stereocenters. The molecule has 0 heterocycles. The van der Waals surface area contributed by atoms with E-state index in [0.717, 1.165) is 25.2 Å². The Hall–Kier alpha value is -2.86. The van der Waals surface area contributed by atoms with Gasteiger partial charge < -0.3 is 20.4 Å². The van der Waals surface area contributed by atoms with Crippen molar-refractivity contribution < 1.29 is 30.0 Å². The number of aliphatic hydroxyl groups is 1. The third-order valence-corrected chi connectivity index (χ3v) is 8.31. The molecule has 0 amide bonds. The second-order valence-electron chi connectivity index (χ2n) is 10.00. The van der Waals surface area contributed by atoms with Crippen molar-refractivity contribution in [1.82, 2.24) is 0 Å². The van der Waals surface area contributed by atoms with Crippen molar-refractivity contribution in [2.75, 3.05) is 0 Å². The molecule has 3 aliphatic rings. The minimum absolute atomic E-state index is 0.0277. The van der Waals surface area contributed by atoms with Crippen LogP contribution >= 0.6 is 0 Å². The molecular weight excluding hydrogens is 420 g/mol. The van der Waals surface area contributed by atoms with Gasteiger partial charge in [0, 0.05) is 0 Å². The van der Waals surface area contributed by atoms with Crippen LogP contribution in [-0.2, 0) is 6.42 Å². The fourth-order valence-corrected chi connectivity index (χ4v) is 6.54. The van der Waals surface area contributed by atoms with E-state index in [4.69, 9.17) is 5.11 Å². The zero-order valence-corrected chi connectivity index (χ0v) is 19.1. The second kappa shape index (κ2) is 8.82. The zero-order valence-electron chi connectivity index (χ0n) is 19.1. The quantitative estimate of drug-likeness (QED) is 0.482. The maximum atomic E-state index is 10.9. The molecule has 6 nitrogen and oxygen atoms in total. The molecule has 0 aliphatic heterocycles. The zero-order chi connectivity index (χ0) is 23.9. The molecule has 5 atom stereocenters. The highest BCUT2D eigenvalue weighted by molar-refractivity contribution is 6.01. The van der Waals surface area contributed by atoms with Crippen LogP contribution in [0.1, 0.15) is 83.7 Å². The van der Waals surface area contributed by atoms with Crippen molar-refractivity contribution in [1.29, 1.82) is 0 Å². The molecule has 0 spiro atoms. The number of carbonyl (C=O) groups is 2. The van der Waals surface area contributed by atoms with Gasteiger partial charge in [0.25, 0.3) is 0 Å². The number of benzene rings is 2. The highest BCUT2D eigenvalue weighted by Gasteiger charge is 2.54.